The van der Waals surface area contributed by atoms with Gasteiger partial charge in [0.2, 0.25) is 5.91 Å². The zero-order chi connectivity index (χ0) is 17.5. The third-order valence-corrected chi connectivity index (χ3v) is 6.38. The van der Waals surface area contributed by atoms with Crippen LogP contribution in [0.1, 0.15) is 58.8 Å². The zero-order valence-corrected chi connectivity index (χ0v) is 15.0. The molecule has 0 radical (unpaired) electrons. The molecule has 0 bridgehead atoms. The molecule has 4 amide bonds. The molecule has 1 heterocycles. The minimum absolute atomic E-state index is 0.142. The minimum Gasteiger partial charge on any atom is -0.341 e. The monoisotopic (exact) mass is 335 g/mol. The van der Waals surface area contributed by atoms with E-state index in [0.29, 0.717) is 24.7 Å². The second-order valence-corrected chi connectivity index (χ2v) is 7.84. The van der Waals surface area contributed by atoms with Crippen LogP contribution >= 0.6 is 0 Å². The second kappa shape index (κ2) is 6.37. The Kier molecular flexibility index (Phi) is 4.58. The predicted octanol–water partition coefficient (Wildman–Crippen LogP) is 2.13. The summed E-state index contributed by atoms with van der Waals surface area (Å²) in [5.74, 6) is 0.847. The third kappa shape index (κ3) is 3.03. The molecule has 1 saturated heterocycles. The van der Waals surface area contributed by atoms with Crippen molar-refractivity contribution in [2.45, 2.75) is 70.4 Å². The van der Waals surface area contributed by atoms with E-state index in [1.807, 2.05) is 6.92 Å². The van der Waals surface area contributed by atoms with Crippen LogP contribution in [0.3, 0.4) is 0 Å². The van der Waals surface area contributed by atoms with Crippen molar-refractivity contribution >= 4 is 17.8 Å². The van der Waals surface area contributed by atoms with Gasteiger partial charge in [-0.25, -0.2) is 4.79 Å². The molecule has 0 aromatic carbocycles. The Morgan fingerprint density at radius 3 is 2.46 bits per heavy atom. The second-order valence-electron chi connectivity index (χ2n) is 7.84. The summed E-state index contributed by atoms with van der Waals surface area (Å²) in [6.07, 6.45) is 6.73. The summed E-state index contributed by atoms with van der Waals surface area (Å²) < 4.78 is 0. The average Bonchev–Trinajstić information content (AvgIpc) is 3.39. The molecule has 2 saturated carbocycles. The van der Waals surface area contributed by atoms with Crippen LogP contribution in [0, 0.1) is 11.8 Å². The van der Waals surface area contributed by atoms with Crippen LogP contribution in [-0.4, -0.2) is 52.8 Å². The minimum atomic E-state index is -0.760. The molecule has 3 rings (SSSR count). The molecule has 2 aliphatic carbocycles. The summed E-state index contributed by atoms with van der Waals surface area (Å²) in [5.41, 5.74) is -0.760. The fourth-order valence-electron chi connectivity index (χ4n) is 4.11. The molecule has 3 fully saturated rings. The van der Waals surface area contributed by atoms with Crippen LogP contribution in [0.5, 0.6) is 0 Å². The molecule has 6 nitrogen and oxygen atoms in total. The van der Waals surface area contributed by atoms with Gasteiger partial charge in [-0.05, 0) is 57.3 Å². The fraction of sp³-hybridized carbons (Fsp3) is 0.833. The Morgan fingerprint density at radius 2 is 1.92 bits per heavy atom. The van der Waals surface area contributed by atoms with Crippen LogP contribution in [0.25, 0.3) is 0 Å². The molecular formula is C18H29N3O3. The number of nitrogens with one attached hydrogen (secondary N) is 1. The SMILES string of the molecule is CCC1CCC2(CC1)NC(=O)N(CC(=O)N(C)C(C)C1CC1)C2=O. The Morgan fingerprint density at radius 1 is 1.29 bits per heavy atom. The maximum absolute atomic E-state index is 12.8. The number of urea groups is 1. The number of carbonyl (C=O) groups is 3. The average molecular weight is 335 g/mol. The predicted molar refractivity (Wildman–Crippen MR) is 90.2 cm³/mol. The van der Waals surface area contributed by atoms with Gasteiger partial charge in [-0.3, -0.25) is 14.5 Å². The Bertz CT molecular complexity index is 536. The third-order valence-electron chi connectivity index (χ3n) is 6.38. The highest BCUT2D eigenvalue weighted by atomic mass is 16.2. The first-order chi connectivity index (χ1) is 11.4. The smallest absolute Gasteiger partial charge is 0.325 e. The van der Waals surface area contributed by atoms with Crippen molar-refractivity contribution in [3.8, 4) is 0 Å². The Labute approximate surface area is 143 Å². The first kappa shape index (κ1) is 17.2. The van der Waals surface area contributed by atoms with Gasteiger partial charge in [0.25, 0.3) is 5.91 Å². The van der Waals surface area contributed by atoms with Crippen molar-refractivity contribution in [1.29, 1.82) is 0 Å². The van der Waals surface area contributed by atoms with Crippen LogP contribution in [0.4, 0.5) is 4.79 Å². The van der Waals surface area contributed by atoms with Gasteiger partial charge < -0.3 is 10.2 Å². The molecule has 24 heavy (non-hydrogen) atoms. The lowest BCUT2D eigenvalue weighted by atomic mass is 9.75. The quantitative estimate of drug-likeness (QED) is 0.783. The number of hydrogen-bond acceptors (Lipinski definition) is 3. The van der Waals surface area contributed by atoms with Gasteiger partial charge in [0.15, 0.2) is 0 Å². The van der Waals surface area contributed by atoms with E-state index in [2.05, 4.69) is 12.2 Å². The van der Waals surface area contributed by atoms with E-state index < -0.39 is 11.6 Å². The van der Waals surface area contributed by atoms with Gasteiger partial charge in [-0.1, -0.05) is 13.3 Å². The lowest BCUT2D eigenvalue weighted by molar-refractivity contribution is -0.140. The summed E-state index contributed by atoms with van der Waals surface area (Å²) >= 11 is 0. The molecule has 3 aliphatic rings. The van der Waals surface area contributed by atoms with E-state index in [9.17, 15) is 14.4 Å². The molecule has 1 atom stereocenters. The molecule has 0 aromatic rings. The fourth-order valence-corrected chi connectivity index (χ4v) is 4.11. The van der Waals surface area contributed by atoms with Crippen molar-refractivity contribution in [2.75, 3.05) is 13.6 Å². The molecule has 1 spiro atoms. The summed E-state index contributed by atoms with van der Waals surface area (Å²) in [6, 6.07) is -0.233. The highest BCUT2D eigenvalue weighted by Crippen LogP contribution is 2.38. The summed E-state index contributed by atoms with van der Waals surface area (Å²) in [6.45, 7) is 4.06. The number of likely N-dealkylation sites (N-methyl/N-ethyl adjacent to an activating group) is 1. The largest absolute Gasteiger partial charge is 0.341 e. The zero-order valence-electron chi connectivity index (χ0n) is 15.0. The summed E-state index contributed by atoms with van der Waals surface area (Å²) in [4.78, 5) is 40.4. The van der Waals surface area contributed by atoms with Gasteiger partial charge >= 0.3 is 6.03 Å². The van der Waals surface area contributed by atoms with E-state index in [1.54, 1.807) is 11.9 Å². The maximum Gasteiger partial charge on any atom is 0.325 e. The molecule has 134 valence electrons. The topological polar surface area (TPSA) is 69.7 Å². The first-order valence-electron chi connectivity index (χ1n) is 9.27. The normalized spacial score (nSPS) is 31.3. The van der Waals surface area contributed by atoms with Gasteiger partial charge in [-0.2, -0.15) is 0 Å². The van der Waals surface area contributed by atoms with Gasteiger partial charge in [0, 0.05) is 13.1 Å². The summed E-state index contributed by atoms with van der Waals surface area (Å²) in [5, 5.41) is 2.89. The molecule has 6 heteroatoms. The maximum atomic E-state index is 12.8. The Hall–Kier alpha value is -1.59. The lowest BCUT2D eigenvalue weighted by Gasteiger charge is -2.34. The van der Waals surface area contributed by atoms with E-state index >= 15 is 0 Å². The summed E-state index contributed by atoms with van der Waals surface area (Å²) in [7, 11) is 1.77. The number of carbonyl (C=O) groups excluding carboxylic acids is 3. The van der Waals surface area contributed by atoms with E-state index in [0.717, 1.165) is 37.0 Å². The van der Waals surface area contributed by atoms with E-state index in [-0.39, 0.29) is 24.4 Å². The Balaban J connectivity index is 1.63. The van der Waals surface area contributed by atoms with Crippen molar-refractivity contribution < 1.29 is 14.4 Å². The van der Waals surface area contributed by atoms with Gasteiger partial charge in [-0.15, -0.1) is 0 Å². The van der Waals surface area contributed by atoms with Crippen LogP contribution in [-0.2, 0) is 9.59 Å². The highest BCUT2D eigenvalue weighted by Gasteiger charge is 2.52. The number of rotatable bonds is 5. The lowest BCUT2D eigenvalue weighted by Crippen LogP contribution is -2.50. The molecule has 0 aromatic heterocycles. The molecular weight excluding hydrogens is 306 g/mol. The number of hydrogen-bond donors (Lipinski definition) is 1. The molecule has 1 unspecified atom stereocenters. The van der Waals surface area contributed by atoms with Gasteiger partial charge in [0.1, 0.15) is 12.1 Å². The molecule has 1 N–H and O–H groups in total. The van der Waals surface area contributed by atoms with Crippen LogP contribution in [0.2, 0.25) is 0 Å². The van der Waals surface area contributed by atoms with Crippen molar-refractivity contribution in [3.63, 3.8) is 0 Å². The van der Waals surface area contributed by atoms with Crippen molar-refractivity contribution in [1.82, 2.24) is 15.1 Å². The van der Waals surface area contributed by atoms with Crippen LogP contribution < -0.4 is 5.32 Å². The standard InChI is InChI=1S/C18H29N3O3/c1-4-13-7-9-18(10-8-13)16(23)21(17(24)19-18)11-15(22)20(3)12(2)14-5-6-14/h12-14H,4-11H2,1-3H3,(H,19,24). The number of amides is 4. The highest BCUT2D eigenvalue weighted by molar-refractivity contribution is 6.09. The van der Waals surface area contributed by atoms with E-state index in [1.165, 1.54) is 0 Å². The van der Waals surface area contributed by atoms with Crippen molar-refractivity contribution in [2.24, 2.45) is 11.8 Å². The van der Waals surface area contributed by atoms with Crippen LogP contribution in [0.15, 0.2) is 0 Å². The molecule has 1 aliphatic heterocycles. The number of imide groups is 1. The van der Waals surface area contributed by atoms with Gasteiger partial charge in [0.05, 0.1) is 0 Å². The van der Waals surface area contributed by atoms with Crippen molar-refractivity contribution in [3.05, 3.63) is 0 Å². The first-order valence-corrected chi connectivity index (χ1v) is 9.27. The van der Waals surface area contributed by atoms with E-state index in [4.69, 9.17) is 0 Å². The number of nitrogens with zero attached hydrogens (tertiary/aromatic N) is 2.